The molecular weight excluding hydrogens is 228 g/mol. The third kappa shape index (κ3) is 1.55. The van der Waals surface area contributed by atoms with E-state index in [-0.39, 0.29) is 5.70 Å². The Labute approximate surface area is 103 Å². The summed E-state index contributed by atoms with van der Waals surface area (Å²) in [5.41, 5.74) is 0.921. The van der Waals surface area contributed by atoms with E-state index < -0.39 is 5.97 Å². The van der Waals surface area contributed by atoms with E-state index in [1.165, 1.54) is 6.20 Å². The molecule has 2 heterocycles. The molecule has 2 aliphatic heterocycles. The molecule has 0 bridgehead atoms. The minimum Gasteiger partial charge on any atom is -0.477 e. The van der Waals surface area contributed by atoms with E-state index in [9.17, 15) is 9.90 Å². The van der Waals surface area contributed by atoms with E-state index in [2.05, 4.69) is 4.99 Å². The minimum atomic E-state index is -0.992. The molecule has 0 amide bonds. The van der Waals surface area contributed by atoms with Crippen molar-refractivity contribution in [1.82, 2.24) is 4.90 Å². The second kappa shape index (κ2) is 4.00. The topological polar surface area (TPSA) is 52.9 Å². The van der Waals surface area contributed by atoms with Gasteiger partial charge in [0.2, 0.25) is 0 Å². The Morgan fingerprint density at radius 1 is 1.28 bits per heavy atom. The Bertz CT molecular complexity index is 726. The van der Waals surface area contributed by atoms with Crippen molar-refractivity contribution in [2.75, 3.05) is 0 Å². The monoisotopic (exact) mass is 238 g/mol. The normalized spacial score (nSPS) is 16.3. The largest absolute Gasteiger partial charge is 0.477 e. The van der Waals surface area contributed by atoms with Gasteiger partial charge in [0.25, 0.3) is 0 Å². The van der Waals surface area contributed by atoms with Crippen LogP contribution in [0.1, 0.15) is 0 Å². The first kappa shape index (κ1) is 10.5. The molecule has 88 valence electrons. The summed E-state index contributed by atoms with van der Waals surface area (Å²) < 4.78 is 0. The molecule has 1 aromatic carbocycles. The van der Waals surface area contributed by atoms with Crippen LogP contribution in [0.15, 0.2) is 53.4 Å². The summed E-state index contributed by atoms with van der Waals surface area (Å²) in [6.07, 6.45) is 8.55. The van der Waals surface area contributed by atoms with Gasteiger partial charge in [-0.05, 0) is 11.3 Å². The van der Waals surface area contributed by atoms with Crippen molar-refractivity contribution >= 4 is 24.0 Å². The maximum absolute atomic E-state index is 11.2. The van der Waals surface area contributed by atoms with Crippen LogP contribution in [-0.2, 0) is 4.79 Å². The molecule has 1 N–H and O–H groups in total. The molecule has 0 aromatic heterocycles. The summed E-state index contributed by atoms with van der Waals surface area (Å²) in [4.78, 5) is 16.8. The third-order valence-corrected chi connectivity index (χ3v) is 2.88. The van der Waals surface area contributed by atoms with E-state index in [0.717, 1.165) is 16.1 Å². The number of carbonyl (C=O) groups is 1. The molecule has 0 atom stereocenters. The predicted octanol–water partition coefficient (Wildman–Crippen LogP) is 0.415. The highest BCUT2D eigenvalue weighted by molar-refractivity contribution is 6.06. The van der Waals surface area contributed by atoms with Crippen LogP contribution in [0, 0.1) is 0 Å². The fourth-order valence-electron chi connectivity index (χ4n) is 2.06. The lowest BCUT2D eigenvalue weighted by Crippen LogP contribution is -2.34. The van der Waals surface area contributed by atoms with Gasteiger partial charge >= 0.3 is 5.97 Å². The van der Waals surface area contributed by atoms with Crippen molar-refractivity contribution in [1.29, 1.82) is 0 Å². The maximum Gasteiger partial charge on any atom is 0.354 e. The number of aliphatic imine (C=N–C) groups is 1. The number of allylic oxidation sites excluding steroid dienone is 1. The smallest absolute Gasteiger partial charge is 0.354 e. The molecule has 4 heteroatoms. The number of aliphatic carboxylic acids is 1. The summed E-state index contributed by atoms with van der Waals surface area (Å²) in [5, 5.41) is 11.2. The number of carboxylic acid groups (broad SMARTS) is 1. The fourth-order valence-corrected chi connectivity index (χ4v) is 2.06. The first-order valence-electron chi connectivity index (χ1n) is 5.51. The molecular formula is C14H10N2O2. The van der Waals surface area contributed by atoms with Crippen LogP contribution >= 0.6 is 0 Å². The van der Waals surface area contributed by atoms with Gasteiger partial charge in [-0.2, -0.15) is 0 Å². The number of hydrogen-bond acceptors (Lipinski definition) is 3. The summed E-state index contributed by atoms with van der Waals surface area (Å²) >= 11 is 0. The van der Waals surface area contributed by atoms with Gasteiger partial charge in [0.1, 0.15) is 0 Å². The third-order valence-electron chi connectivity index (χ3n) is 2.88. The number of benzene rings is 1. The summed E-state index contributed by atoms with van der Waals surface area (Å²) in [7, 11) is 0. The van der Waals surface area contributed by atoms with Gasteiger partial charge in [-0.3, -0.25) is 4.99 Å². The lowest BCUT2D eigenvalue weighted by atomic mass is 10.2. The lowest BCUT2D eigenvalue weighted by Gasteiger charge is -2.23. The molecule has 0 saturated carbocycles. The molecule has 0 fully saturated rings. The van der Waals surface area contributed by atoms with Gasteiger partial charge < -0.3 is 10.0 Å². The number of carboxylic acids is 1. The summed E-state index contributed by atoms with van der Waals surface area (Å²) in [5.74, 6) is -0.992. The number of fused-ring (bicyclic) bond motifs is 2. The van der Waals surface area contributed by atoms with Crippen molar-refractivity contribution in [2.24, 2.45) is 4.99 Å². The quantitative estimate of drug-likeness (QED) is 0.771. The average Bonchev–Trinajstić information content (AvgIpc) is 2.57. The van der Waals surface area contributed by atoms with Crippen molar-refractivity contribution in [2.45, 2.75) is 0 Å². The first-order valence-corrected chi connectivity index (χ1v) is 5.51. The highest BCUT2D eigenvalue weighted by Crippen LogP contribution is 2.17. The maximum atomic E-state index is 11.2. The lowest BCUT2D eigenvalue weighted by molar-refractivity contribution is -0.133. The van der Waals surface area contributed by atoms with E-state index in [4.69, 9.17) is 0 Å². The number of rotatable bonds is 1. The van der Waals surface area contributed by atoms with Gasteiger partial charge in [0.05, 0.1) is 18.1 Å². The van der Waals surface area contributed by atoms with E-state index in [1.54, 1.807) is 17.3 Å². The van der Waals surface area contributed by atoms with Gasteiger partial charge in [-0.15, -0.1) is 0 Å². The van der Waals surface area contributed by atoms with E-state index in [1.807, 2.05) is 36.4 Å². The highest BCUT2D eigenvalue weighted by Gasteiger charge is 2.21. The summed E-state index contributed by atoms with van der Waals surface area (Å²) in [6, 6.07) is 7.82. The van der Waals surface area contributed by atoms with Crippen LogP contribution in [0.2, 0.25) is 0 Å². The summed E-state index contributed by atoms with van der Waals surface area (Å²) in [6.45, 7) is 0. The van der Waals surface area contributed by atoms with Gasteiger partial charge in [-0.25, -0.2) is 4.79 Å². The van der Waals surface area contributed by atoms with Crippen molar-refractivity contribution in [3.05, 3.63) is 58.9 Å². The van der Waals surface area contributed by atoms with Crippen LogP contribution < -0.4 is 10.4 Å². The Kier molecular flexibility index (Phi) is 2.34. The van der Waals surface area contributed by atoms with Crippen LogP contribution in [-0.4, -0.2) is 22.2 Å². The van der Waals surface area contributed by atoms with Gasteiger partial charge in [-0.1, -0.05) is 30.3 Å². The van der Waals surface area contributed by atoms with Crippen LogP contribution in [0.3, 0.4) is 0 Å². The highest BCUT2D eigenvalue weighted by atomic mass is 16.4. The molecule has 3 rings (SSSR count). The molecule has 0 unspecified atom stereocenters. The average molecular weight is 238 g/mol. The molecule has 2 aliphatic rings. The van der Waals surface area contributed by atoms with Crippen LogP contribution in [0.25, 0.3) is 11.8 Å². The Morgan fingerprint density at radius 3 is 2.94 bits per heavy atom. The SMILES string of the molecule is O=C(O)C1=CN=CC2=c3ccccc3=CC=CN12. The van der Waals surface area contributed by atoms with Gasteiger partial charge in [0.15, 0.2) is 5.70 Å². The molecule has 0 aliphatic carbocycles. The zero-order chi connectivity index (χ0) is 12.5. The Hall–Kier alpha value is -2.62. The van der Waals surface area contributed by atoms with Crippen molar-refractivity contribution in [3.8, 4) is 0 Å². The zero-order valence-corrected chi connectivity index (χ0v) is 9.45. The first-order chi connectivity index (χ1) is 8.77. The van der Waals surface area contributed by atoms with Crippen molar-refractivity contribution < 1.29 is 9.90 Å². The van der Waals surface area contributed by atoms with Crippen molar-refractivity contribution in [3.63, 3.8) is 0 Å². The standard InChI is InChI=1S/C14H10N2O2/c17-14(18)13-9-15-8-12-11-6-2-1-4-10(11)5-3-7-16(12)13/h1-9H,(H,17,18). The molecule has 1 aromatic rings. The molecule has 4 nitrogen and oxygen atoms in total. The van der Waals surface area contributed by atoms with Gasteiger partial charge in [0, 0.05) is 11.4 Å². The zero-order valence-electron chi connectivity index (χ0n) is 9.45. The molecule has 0 saturated heterocycles. The Morgan fingerprint density at radius 2 is 2.11 bits per heavy atom. The number of hydrogen-bond donors (Lipinski definition) is 1. The fraction of sp³-hybridized carbons (Fsp3) is 0. The van der Waals surface area contributed by atoms with Crippen LogP contribution in [0.5, 0.6) is 0 Å². The van der Waals surface area contributed by atoms with Crippen LogP contribution in [0.4, 0.5) is 0 Å². The second-order valence-electron chi connectivity index (χ2n) is 3.95. The predicted molar refractivity (Wildman–Crippen MR) is 68.8 cm³/mol. The van der Waals surface area contributed by atoms with E-state index in [0.29, 0.717) is 0 Å². The molecule has 0 spiro atoms. The molecule has 18 heavy (non-hydrogen) atoms. The number of nitrogens with zero attached hydrogens (tertiary/aromatic N) is 2. The molecule has 0 radical (unpaired) electrons. The van der Waals surface area contributed by atoms with E-state index >= 15 is 0 Å². The Balaban J connectivity index is 2.33. The second-order valence-corrected chi connectivity index (χ2v) is 3.95. The minimum absolute atomic E-state index is 0.147.